The van der Waals surface area contributed by atoms with Crippen LogP contribution >= 0.6 is 11.3 Å². The van der Waals surface area contributed by atoms with Crippen LogP contribution in [0.25, 0.3) is 0 Å². The van der Waals surface area contributed by atoms with Gasteiger partial charge >= 0.3 is 5.97 Å². The van der Waals surface area contributed by atoms with Gasteiger partial charge in [0.1, 0.15) is 0 Å². The molecule has 6 nitrogen and oxygen atoms in total. The van der Waals surface area contributed by atoms with Crippen molar-refractivity contribution < 1.29 is 17.9 Å². The van der Waals surface area contributed by atoms with Crippen LogP contribution in [0.3, 0.4) is 0 Å². The topological polar surface area (TPSA) is 76.6 Å². The van der Waals surface area contributed by atoms with Crippen molar-refractivity contribution >= 4 is 27.3 Å². The van der Waals surface area contributed by atoms with Crippen LogP contribution < -0.4 is 0 Å². The molecule has 140 valence electrons. The predicted octanol–water partition coefficient (Wildman–Crippen LogP) is 3.03. The molecule has 0 spiro atoms. The number of sulfonamides is 1. The van der Waals surface area contributed by atoms with E-state index in [9.17, 15) is 13.2 Å². The first-order valence-corrected chi connectivity index (χ1v) is 11.1. The molecule has 2 heterocycles. The van der Waals surface area contributed by atoms with E-state index in [2.05, 4.69) is 4.98 Å². The second-order valence-electron chi connectivity index (χ2n) is 6.20. The minimum atomic E-state index is -3.33. The summed E-state index contributed by atoms with van der Waals surface area (Å²) in [7, 11) is -3.33. The molecule has 8 heteroatoms. The fraction of sp³-hybridized carbons (Fsp3) is 0.444. The Kier molecular flexibility index (Phi) is 6.05. The summed E-state index contributed by atoms with van der Waals surface area (Å²) >= 11 is 1.44. The molecular formula is C18H22N2O4S2. The van der Waals surface area contributed by atoms with Crippen molar-refractivity contribution in [1.82, 2.24) is 9.29 Å². The molecular weight excluding hydrogens is 372 g/mol. The third-order valence-electron chi connectivity index (χ3n) is 4.47. The molecule has 0 amide bonds. The Morgan fingerprint density at radius 3 is 2.62 bits per heavy atom. The molecule has 0 radical (unpaired) electrons. The third-order valence-corrected chi connectivity index (χ3v) is 7.32. The summed E-state index contributed by atoms with van der Waals surface area (Å²) in [6.45, 7) is 2.99. The number of carbonyl (C=O) groups excluding carboxylic acids is 1. The van der Waals surface area contributed by atoms with Crippen LogP contribution in [0.1, 0.15) is 46.6 Å². The second kappa shape index (κ2) is 8.28. The van der Waals surface area contributed by atoms with Crippen molar-refractivity contribution in [3.05, 3.63) is 52.0 Å². The highest BCUT2D eigenvalue weighted by Crippen LogP contribution is 2.34. The van der Waals surface area contributed by atoms with Crippen molar-refractivity contribution in [2.24, 2.45) is 0 Å². The summed E-state index contributed by atoms with van der Waals surface area (Å²) in [4.78, 5) is 17.1. The molecule has 0 unspecified atom stereocenters. The van der Waals surface area contributed by atoms with Crippen LogP contribution in [0, 0.1) is 0 Å². The summed E-state index contributed by atoms with van der Waals surface area (Å²) in [5.41, 5.74) is 2.82. The van der Waals surface area contributed by atoms with Crippen LogP contribution in [0.5, 0.6) is 0 Å². The standard InChI is InChI=1S/C18H22N2O4S2/c1-2-24-18(21)16-17(25-13-19-16)15-8-10-20(11-9-15)26(22,23)12-14-6-4-3-5-7-14/h3-7,13,15H,2,8-12H2,1H3. The van der Waals surface area contributed by atoms with E-state index in [0.717, 1.165) is 10.4 Å². The van der Waals surface area contributed by atoms with Gasteiger partial charge in [0.25, 0.3) is 0 Å². The van der Waals surface area contributed by atoms with Crippen molar-refractivity contribution in [1.29, 1.82) is 0 Å². The molecule has 26 heavy (non-hydrogen) atoms. The summed E-state index contributed by atoms with van der Waals surface area (Å²) in [5.74, 6) is -0.236. The van der Waals surface area contributed by atoms with Gasteiger partial charge in [0.05, 0.1) is 17.9 Å². The number of carbonyl (C=O) groups is 1. The lowest BCUT2D eigenvalue weighted by molar-refractivity contribution is 0.0518. The van der Waals surface area contributed by atoms with Crippen molar-refractivity contribution in [3.8, 4) is 0 Å². The molecule has 1 fully saturated rings. The Hall–Kier alpha value is -1.77. The molecule has 0 aliphatic carbocycles. The molecule has 2 aromatic rings. The molecule has 3 rings (SSSR count). The minimum Gasteiger partial charge on any atom is -0.461 e. The van der Waals surface area contributed by atoms with Crippen molar-refractivity contribution in [2.45, 2.75) is 31.4 Å². The highest BCUT2D eigenvalue weighted by atomic mass is 32.2. The molecule has 0 atom stereocenters. The molecule has 1 aromatic heterocycles. The quantitative estimate of drug-likeness (QED) is 0.704. The van der Waals surface area contributed by atoms with Gasteiger partial charge in [-0.25, -0.2) is 22.5 Å². The summed E-state index contributed by atoms with van der Waals surface area (Å²) in [5, 5.41) is 0. The highest BCUT2D eigenvalue weighted by molar-refractivity contribution is 7.88. The van der Waals surface area contributed by atoms with E-state index in [4.69, 9.17) is 4.74 Å². The number of rotatable bonds is 6. The summed E-state index contributed by atoms with van der Waals surface area (Å²) < 4.78 is 31.9. The van der Waals surface area contributed by atoms with E-state index in [-0.39, 0.29) is 11.7 Å². The first-order chi connectivity index (χ1) is 12.5. The Morgan fingerprint density at radius 2 is 1.96 bits per heavy atom. The largest absolute Gasteiger partial charge is 0.461 e. The monoisotopic (exact) mass is 394 g/mol. The SMILES string of the molecule is CCOC(=O)c1ncsc1C1CCN(S(=O)(=O)Cc2ccccc2)CC1. The maximum atomic E-state index is 12.7. The van der Waals surface area contributed by atoms with Crippen LogP contribution in [0.4, 0.5) is 0 Å². The number of ether oxygens (including phenoxy) is 1. The fourth-order valence-electron chi connectivity index (χ4n) is 3.17. The summed E-state index contributed by atoms with van der Waals surface area (Å²) in [6, 6.07) is 9.22. The van der Waals surface area contributed by atoms with Gasteiger partial charge < -0.3 is 4.74 Å². The lowest BCUT2D eigenvalue weighted by atomic mass is 9.95. The molecule has 0 saturated carbocycles. The zero-order valence-electron chi connectivity index (χ0n) is 14.6. The van der Waals surface area contributed by atoms with Gasteiger partial charge in [0.15, 0.2) is 5.69 Å². The zero-order chi connectivity index (χ0) is 18.6. The second-order valence-corrected chi connectivity index (χ2v) is 9.06. The number of benzene rings is 1. The number of aromatic nitrogens is 1. The van der Waals surface area contributed by atoms with Crippen molar-refractivity contribution in [3.63, 3.8) is 0 Å². The number of piperidine rings is 1. The molecule has 0 N–H and O–H groups in total. The first-order valence-electron chi connectivity index (χ1n) is 8.63. The number of hydrogen-bond donors (Lipinski definition) is 0. The molecule has 1 aliphatic rings. The Morgan fingerprint density at radius 1 is 1.27 bits per heavy atom. The first kappa shape index (κ1) is 19.0. The van der Waals surface area contributed by atoms with Gasteiger partial charge in [-0.2, -0.15) is 0 Å². The predicted molar refractivity (Wildman–Crippen MR) is 101 cm³/mol. The van der Waals surface area contributed by atoms with Gasteiger partial charge in [0, 0.05) is 18.0 Å². The number of thiazole rings is 1. The average molecular weight is 395 g/mol. The van der Waals surface area contributed by atoms with E-state index in [0.29, 0.717) is 38.2 Å². The zero-order valence-corrected chi connectivity index (χ0v) is 16.3. The maximum absolute atomic E-state index is 12.7. The third kappa shape index (κ3) is 4.31. The van der Waals surface area contributed by atoms with E-state index >= 15 is 0 Å². The molecule has 1 aliphatic heterocycles. The van der Waals surface area contributed by atoms with E-state index in [1.54, 1.807) is 16.7 Å². The van der Waals surface area contributed by atoms with Crippen molar-refractivity contribution in [2.75, 3.05) is 19.7 Å². The van der Waals surface area contributed by atoms with Gasteiger partial charge in [-0.15, -0.1) is 11.3 Å². The lowest BCUT2D eigenvalue weighted by Gasteiger charge is -2.31. The molecule has 1 saturated heterocycles. The minimum absolute atomic E-state index is 0.0210. The van der Waals surface area contributed by atoms with E-state index < -0.39 is 16.0 Å². The normalized spacial score (nSPS) is 16.5. The van der Waals surface area contributed by atoms with Crippen LogP contribution in [-0.2, 0) is 20.5 Å². The van der Waals surface area contributed by atoms with Gasteiger partial charge in [-0.1, -0.05) is 30.3 Å². The lowest BCUT2D eigenvalue weighted by Crippen LogP contribution is -2.38. The highest BCUT2D eigenvalue weighted by Gasteiger charge is 2.31. The van der Waals surface area contributed by atoms with E-state index in [1.807, 2.05) is 30.3 Å². The number of esters is 1. The van der Waals surface area contributed by atoms with Gasteiger partial charge in [-0.05, 0) is 31.2 Å². The van der Waals surface area contributed by atoms with Crippen LogP contribution in [0.2, 0.25) is 0 Å². The van der Waals surface area contributed by atoms with Crippen LogP contribution in [-0.4, -0.2) is 43.4 Å². The Labute approximate surface area is 157 Å². The van der Waals surface area contributed by atoms with E-state index in [1.165, 1.54) is 11.3 Å². The Bertz CT molecular complexity index is 841. The summed E-state index contributed by atoms with van der Waals surface area (Å²) in [6.07, 6.45) is 1.37. The molecule has 0 bridgehead atoms. The van der Waals surface area contributed by atoms with Crippen LogP contribution in [0.15, 0.2) is 35.8 Å². The number of nitrogens with zero attached hydrogens (tertiary/aromatic N) is 2. The smallest absolute Gasteiger partial charge is 0.358 e. The average Bonchev–Trinajstić information content (AvgIpc) is 3.12. The Balaban J connectivity index is 1.64. The number of hydrogen-bond acceptors (Lipinski definition) is 6. The molecule has 1 aromatic carbocycles. The van der Waals surface area contributed by atoms with Gasteiger partial charge in [-0.3, -0.25) is 0 Å². The maximum Gasteiger partial charge on any atom is 0.358 e. The fourth-order valence-corrected chi connectivity index (χ4v) is 5.68. The van der Waals surface area contributed by atoms with Gasteiger partial charge in [0.2, 0.25) is 10.0 Å².